The molecule has 0 unspecified atom stereocenters. The van der Waals surface area contributed by atoms with Gasteiger partial charge in [-0.2, -0.15) is 5.10 Å². The molecule has 140 valence electrons. The largest absolute Gasteiger partial charge is 0.310 e. The Labute approximate surface area is 162 Å². The molecule has 1 aliphatic rings. The van der Waals surface area contributed by atoms with Crippen LogP contribution in [0.1, 0.15) is 37.3 Å². The van der Waals surface area contributed by atoms with E-state index >= 15 is 0 Å². The van der Waals surface area contributed by atoms with Gasteiger partial charge in [0.25, 0.3) is 0 Å². The van der Waals surface area contributed by atoms with E-state index in [4.69, 9.17) is 0 Å². The van der Waals surface area contributed by atoms with Crippen LogP contribution < -0.4 is 5.32 Å². The number of carbonyl (C=O) groups excluding carboxylic acids is 1. The molecule has 2 aromatic heterocycles. The fraction of sp³-hybridized carbons (Fsp3) is 0.368. The van der Waals surface area contributed by atoms with Crippen molar-refractivity contribution in [1.29, 1.82) is 0 Å². The van der Waals surface area contributed by atoms with E-state index in [2.05, 4.69) is 20.6 Å². The van der Waals surface area contributed by atoms with Crippen molar-refractivity contribution >= 4 is 23.5 Å². The van der Waals surface area contributed by atoms with Gasteiger partial charge < -0.3 is 5.32 Å². The van der Waals surface area contributed by atoms with Gasteiger partial charge in [-0.25, -0.2) is 4.68 Å². The van der Waals surface area contributed by atoms with Crippen LogP contribution in [0.5, 0.6) is 0 Å². The van der Waals surface area contributed by atoms with E-state index in [1.165, 1.54) is 30.2 Å². The molecule has 1 N–H and O–H groups in total. The number of rotatable bonds is 6. The molecule has 0 spiro atoms. The van der Waals surface area contributed by atoms with Crippen molar-refractivity contribution in [2.45, 2.75) is 43.8 Å². The zero-order chi connectivity index (χ0) is 18.6. The Morgan fingerprint density at radius 3 is 2.78 bits per heavy atom. The number of aryl methyl sites for hydroxylation is 1. The smallest absolute Gasteiger partial charge is 0.235 e. The van der Waals surface area contributed by atoms with Crippen molar-refractivity contribution in [3.05, 3.63) is 48.4 Å². The number of carbonyl (C=O) groups is 1. The van der Waals surface area contributed by atoms with Gasteiger partial charge >= 0.3 is 0 Å². The molecule has 0 aliphatic heterocycles. The predicted octanol–water partition coefficient (Wildman–Crippen LogP) is 3.62. The molecule has 0 radical (unpaired) electrons. The lowest BCUT2D eigenvalue weighted by atomic mass is 10.2. The maximum Gasteiger partial charge on any atom is 0.235 e. The van der Waals surface area contributed by atoms with Crippen LogP contribution in [0, 0.1) is 6.92 Å². The monoisotopic (exact) mass is 382 g/mol. The average Bonchev–Trinajstić information content (AvgIpc) is 3.42. The molecule has 1 aromatic carbocycles. The van der Waals surface area contributed by atoms with Gasteiger partial charge in [-0.15, -0.1) is 10.2 Å². The second-order valence-corrected chi connectivity index (χ2v) is 7.70. The summed E-state index contributed by atoms with van der Waals surface area (Å²) in [6, 6.07) is 10.4. The fourth-order valence-corrected chi connectivity index (χ4v) is 4.10. The second kappa shape index (κ2) is 7.96. The van der Waals surface area contributed by atoms with Gasteiger partial charge in [-0.3, -0.25) is 9.36 Å². The van der Waals surface area contributed by atoms with E-state index < -0.39 is 0 Å². The summed E-state index contributed by atoms with van der Waals surface area (Å²) in [5, 5.41) is 16.2. The topological polar surface area (TPSA) is 77.6 Å². The van der Waals surface area contributed by atoms with Crippen LogP contribution in [0.25, 0.3) is 5.69 Å². The molecular formula is C19H22N6OS. The zero-order valence-electron chi connectivity index (χ0n) is 15.2. The third-order valence-electron chi connectivity index (χ3n) is 4.77. The van der Waals surface area contributed by atoms with Gasteiger partial charge in [-0.05, 0) is 31.9 Å². The quantitative estimate of drug-likeness (QED) is 0.659. The zero-order valence-corrected chi connectivity index (χ0v) is 16.0. The Kier molecular flexibility index (Phi) is 5.24. The summed E-state index contributed by atoms with van der Waals surface area (Å²) in [5.74, 6) is 0.964. The molecular weight excluding hydrogens is 360 g/mol. The molecule has 0 atom stereocenters. The molecule has 4 rings (SSSR count). The highest BCUT2D eigenvalue weighted by Gasteiger charge is 2.20. The molecule has 1 fully saturated rings. The third kappa shape index (κ3) is 4.05. The number of anilines is 1. The summed E-state index contributed by atoms with van der Waals surface area (Å²) >= 11 is 1.37. The number of benzene rings is 1. The highest BCUT2D eigenvalue weighted by atomic mass is 32.2. The van der Waals surface area contributed by atoms with Crippen molar-refractivity contribution in [1.82, 2.24) is 24.5 Å². The Bertz CT molecular complexity index is 910. The SMILES string of the molecule is Cc1ccc(-n2cnnc2SCC(=O)Nc2ccnn2C2CCCC2)cc1. The van der Waals surface area contributed by atoms with E-state index in [-0.39, 0.29) is 11.7 Å². The lowest BCUT2D eigenvalue weighted by Crippen LogP contribution is -2.19. The van der Waals surface area contributed by atoms with Crippen LogP contribution in [0.4, 0.5) is 5.82 Å². The molecule has 27 heavy (non-hydrogen) atoms. The Morgan fingerprint density at radius 1 is 1.22 bits per heavy atom. The van der Waals surface area contributed by atoms with E-state index in [1.54, 1.807) is 12.5 Å². The van der Waals surface area contributed by atoms with Gasteiger partial charge in [0.15, 0.2) is 5.16 Å². The summed E-state index contributed by atoms with van der Waals surface area (Å²) < 4.78 is 3.84. The molecule has 3 aromatic rings. The number of aromatic nitrogens is 5. The number of hydrogen-bond donors (Lipinski definition) is 1. The Hall–Kier alpha value is -2.61. The summed E-state index contributed by atoms with van der Waals surface area (Å²) in [5.41, 5.74) is 2.17. The maximum absolute atomic E-state index is 12.4. The first-order valence-electron chi connectivity index (χ1n) is 9.14. The van der Waals surface area contributed by atoms with Crippen molar-refractivity contribution in [2.24, 2.45) is 0 Å². The third-order valence-corrected chi connectivity index (χ3v) is 5.71. The van der Waals surface area contributed by atoms with E-state index in [0.717, 1.165) is 24.3 Å². The Morgan fingerprint density at radius 2 is 2.00 bits per heavy atom. The molecule has 1 amide bonds. The van der Waals surface area contributed by atoms with Crippen LogP contribution >= 0.6 is 11.8 Å². The van der Waals surface area contributed by atoms with Gasteiger partial charge in [0.2, 0.25) is 5.91 Å². The number of thioether (sulfide) groups is 1. The van der Waals surface area contributed by atoms with Gasteiger partial charge in [-0.1, -0.05) is 42.3 Å². The van der Waals surface area contributed by atoms with Crippen LogP contribution in [-0.4, -0.2) is 36.2 Å². The average molecular weight is 382 g/mol. The van der Waals surface area contributed by atoms with Gasteiger partial charge in [0.05, 0.1) is 18.0 Å². The van der Waals surface area contributed by atoms with Crippen molar-refractivity contribution in [2.75, 3.05) is 11.1 Å². The summed E-state index contributed by atoms with van der Waals surface area (Å²) in [6.07, 6.45) is 8.11. The number of nitrogens with zero attached hydrogens (tertiary/aromatic N) is 5. The minimum absolute atomic E-state index is 0.0711. The minimum Gasteiger partial charge on any atom is -0.310 e. The first-order valence-corrected chi connectivity index (χ1v) is 10.1. The van der Waals surface area contributed by atoms with Crippen molar-refractivity contribution in [3.8, 4) is 5.69 Å². The standard InChI is InChI=1S/C19H22N6OS/c1-14-6-8-15(9-7-14)24-13-20-23-19(24)27-12-18(26)22-17-10-11-21-25(17)16-4-2-3-5-16/h6-11,13,16H,2-5,12H2,1H3,(H,22,26). The molecule has 1 saturated carbocycles. The van der Waals surface area contributed by atoms with E-state index in [1.807, 2.05) is 46.5 Å². The predicted molar refractivity (Wildman–Crippen MR) is 105 cm³/mol. The van der Waals surface area contributed by atoms with Gasteiger partial charge in [0, 0.05) is 11.8 Å². The highest BCUT2D eigenvalue weighted by molar-refractivity contribution is 7.99. The molecule has 0 bridgehead atoms. The number of hydrogen-bond acceptors (Lipinski definition) is 5. The van der Waals surface area contributed by atoms with Crippen molar-refractivity contribution < 1.29 is 4.79 Å². The van der Waals surface area contributed by atoms with Crippen LogP contribution in [0.2, 0.25) is 0 Å². The molecule has 7 nitrogen and oxygen atoms in total. The highest BCUT2D eigenvalue weighted by Crippen LogP contribution is 2.31. The number of nitrogens with one attached hydrogen (secondary N) is 1. The lowest BCUT2D eigenvalue weighted by molar-refractivity contribution is -0.113. The first-order chi connectivity index (χ1) is 13.2. The van der Waals surface area contributed by atoms with Crippen molar-refractivity contribution in [3.63, 3.8) is 0 Å². The number of amides is 1. The van der Waals surface area contributed by atoms with E-state index in [9.17, 15) is 4.79 Å². The molecule has 8 heteroatoms. The molecule has 2 heterocycles. The molecule has 1 aliphatic carbocycles. The van der Waals surface area contributed by atoms with Gasteiger partial charge in [0.1, 0.15) is 12.1 Å². The Balaban J connectivity index is 1.39. The van der Waals surface area contributed by atoms with Crippen LogP contribution in [0.15, 0.2) is 48.0 Å². The second-order valence-electron chi connectivity index (χ2n) is 6.76. The summed E-state index contributed by atoms with van der Waals surface area (Å²) in [6.45, 7) is 2.05. The first kappa shape index (κ1) is 17.8. The molecule has 0 saturated heterocycles. The summed E-state index contributed by atoms with van der Waals surface area (Å²) in [7, 11) is 0. The van der Waals surface area contributed by atoms with E-state index in [0.29, 0.717) is 11.2 Å². The summed E-state index contributed by atoms with van der Waals surface area (Å²) in [4.78, 5) is 12.4. The normalized spacial score (nSPS) is 14.6. The lowest BCUT2D eigenvalue weighted by Gasteiger charge is -2.14. The van der Waals surface area contributed by atoms with Crippen LogP contribution in [-0.2, 0) is 4.79 Å². The maximum atomic E-state index is 12.4. The fourth-order valence-electron chi connectivity index (χ4n) is 3.37. The van der Waals surface area contributed by atoms with Crippen LogP contribution in [0.3, 0.4) is 0 Å². The minimum atomic E-state index is -0.0711.